The highest BCUT2D eigenvalue weighted by Gasteiger charge is 2.36. The van der Waals surface area contributed by atoms with Gasteiger partial charge in [-0.2, -0.15) is 0 Å². The number of nitrogens with two attached hydrogens (primary N) is 1. The van der Waals surface area contributed by atoms with E-state index in [1.807, 2.05) is 0 Å². The first kappa shape index (κ1) is 21.8. The molecule has 12 nitrogen and oxygen atoms in total. The molecule has 1 aliphatic heterocycles. The summed E-state index contributed by atoms with van der Waals surface area (Å²) in [7, 11) is 0. The maximum Gasteiger partial charge on any atom is 0.330 e. The predicted molar refractivity (Wildman–Crippen MR) is 99.6 cm³/mol. The molecular weight excluding hydrogens is 370 g/mol. The van der Waals surface area contributed by atoms with E-state index in [1.165, 1.54) is 10.8 Å². The minimum absolute atomic E-state index is 0.0516. The van der Waals surface area contributed by atoms with Crippen LogP contribution >= 0.6 is 0 Å². The maximum absolute atomic E-state index is 12.3. The lowest BCUT2D eigenvalue weighted by Crippen LogP contribution is -2.37. The second kappa shape index (κ2) is 10.7. The Labute approximate surface area is 160 Å². The molecule has 0 aliphatic carbocycles. The van der Waals surface area contributed by atoms with Gasteiger partial charge in [-0.15, -0.1) is 0 Å². The number of unbranched alkanes of at least 4 members (excludes halogenated alkanes) is 1. The van der Waals surface area contributed by atoms with E-state index in [0.29, 0.717) is 19.4 Å². The van der Waals surface area contributed by atoms with Crippen molar-refractivity contribution in [1.82, 2.24) is 14.9 Å². The van der Waals surface area contributed by atoms with E-state index in [0.717, 1.165) is 12.8 Å². The molecule has 0 aromatic carbocycles. The largest absolute Gasteiger partial charge is 0.394 e. The normalized spacial score (nSPS) is 22.6. The van der Waals surface area contributed by atoms with E-state index in [4.69, 9.17) is 16.0 Å². The SMILES string of the molecule is [N-]=[N+]=NC1C[C@H](n2cc(C(CC=O)NCCCCN)c(=O)[nH]c2=O)O[C@@H]1CO. The fraction of sp³-hybridized carbons (Fsp3) is 0.688. The average molecular weight is 395 g/mol. The van der Waals surface area contributed by atoms with Crippen molar-refractivity contribution >= 4 is 6.29 Å². The van der Waals surface area contributed by atoms with Crippen molar-refractivity contribution in [2.75, 3.05) is 19.7 Å². The van der Waals surface area contributed by atoms with Crippen molar-refractivity contribution in [2.24, 2.45) is 10.8 Å². The first-order valence-electron chi connectivity index (χ1n) is 9.08. The van der Waals surface area contributed by atoms with E-state index >= 15 is 0 Å². The molecule has 0 saturated carbocycles. The van der Waals surface area contributed by atoms with Gasteiger partial charge in [0.15, 0.2) is 0 Å². The number of ether oxygens (including phenoxy) is 1. The molecule has 1 fully saturated rings. The standard InChI is InChI=1S/C16H25N7O5/c17-4-1-2-5-19-11(3-6-24)10-8-23(16(27)20-15(10)26)14-7-12(21-22-18)13(9-25)28-14/h6,8,11-14,19,25H,1-5,7,9,17H2,(H,20,26,27)/t11?,12?,13-,14-/m1/s1. The lowest BCUT2D eigenvalue weighted by Gasteiger charge is -2.19. The lowest BCUT2D eigenvalue weighted by atomic mass is 10.1. The molecule has 2 heterocycles. The van der Waals surface area contributed by atoms with Crippen molar-refractivity contribution in [3.05, 3.63) is 43.0 Å². The first-order chi connectivity index (χ1) is 13.5. The number of aldehydes is 1. The molecule has 28 heavy (non-hydrogen) atoms. The first-order valence-corrected chi connectivity index (χ1v) is 9.08. The molecule has 0 spiro atoms. The van der Waals surface area contributed by atoms with Crippen LogP contribution in [0.4, 0.5) is 0 Å². The Morgan fingerprint density at radius 2 is 2.32 bits per heavy atom. The third-order valence-corrected chi connectivity index (χ3v) is 4.62. The number of aromatic amines is 1. The predicted octanol–water partition coefficient (Wildman–Crippen LogP) is -0.546. The van der Waals surface area contributed by atoms with Crippen LogP contribution in [0.1, 0.15) is 43.5 Å². The van der Waals surface area contributed by atoms with Gasteiger partial charge in [-0.25, -0.2) is 4.79 Å². The summed E-state index contributed by atoms with van der Waals surface area (Å²) in [5.41, 5.74) is 13.0. The average Bonchev–Trinajstić information content (AvgIpc) is 3.07. The van der Waals surface area contributed by atoms with Gasteiger partial charge in [-0.05, 0) is 31.5 Å². The molecule has 0 bridgehead atoms. The molecule has 1 saturated heterocycles. The van der Waals surface area contributed by atoms with Gasteiger partial charge in [0.1, 0.15) is 12.5 Å². The van der Waals surface area contributed by atoms with Gasteiger partial charge in [0.25, 0.3) is 5.56 Å². The number of aliphatic hydroxyl groups is 1. The highest BCUT2D eigenvalue weighted by molar-refractivity contribution is 5.51. The van der Waals surface area contributed by atoms with Gasteiger partial charge in [0.05, 0.1) is 24.3 Å². The summed E-state index contributed by atoms with van der Waals surface area (Å²) in [6, 6.07) is -1.21. The number of hydrogen-bond acceptors (Lipinski definition) is 8. The smallest absolute Gasteiger partial charge is 0.330 e. The number of carbonyl (C=O) groups excluding carboxylic acids is 1. The summed E-state index contributed by atoms with van der Waals surface area (Å²) in [5.74, 6) is 0. The Balaban J connectivity index is 2.29. The molecule has 4 atom stereocenters. The van der Waals surface area contributed by atoms with Crippen LogP contribution in [0.15, 0.2) is 20.9 Å². The molecule has 1 aromatic rings. The molecule has 2 rings (SSSR count). The van der Waals surface area contributed by atoms with Crippen LogP contribution in [-0.4, -0.2) is 52.8 Å². The molecule has 2 unspecified atom stereocenters. The van der Waals surface area contributed by atoms with Crippen LogP contribution in [0, 0.1) is 0 Å². The van der Waals surface area contributed by atoms with E-state index in [2.05, 4.69) is 20.3 Å². The Hall–Kier alpha value is -2.50. The van der Waals surface area contributed by atoms with Crippen LogP contribution in [0.2, 0.25) is 0 Å². The third kappa shape index (κ3) is 5.27. The lowest BCUT2D eigenvalue weighted by molar-refractivity contribution is -0.108. The van der Waals surface area contributed by atoms with E-state index < -0.39 is 35.7 Å². The van der Waals surface area contributed by atoms with Crippen molar-refractivity contribution in [1.29, 1.82) is 0 Å². The van der Waals surface area contributed by atoms with Crippen LogP contribution in [0.25, 0.3) is 10.4 Å². The summed E-state index contributed by atoms with van der Waals surface area (Å²) in [4.78, 5) is 40.6. The molecule has 12 heteroatoms. The summed E-state index contributed by atoms with van der Waals surface area (Å²) < 4.78 is 6.80. The summed E-state index contributed by atoms with van der Waals surface area (Å²) >= 11 is 0. The monoisotopic (exact) mass is 395 g/mol. The Bertz CT molecular complexity index is 816. The quantitative estimate of drug-likeness (QED) is 0.127. The van der Waals surface area contributed by atoms with Crippen LogP contribution < -0.4 is 22.3 Å². The van der Waals surface area contributed by atoms with Gasteiger partial charge in [-0.1, -0.05) is 5.11 Å². The number of carbonyl (C=O) groups is 1. The van der Waals surface area contributed by atoms with E-state index in [-0.39, 0.29) is 25.0 Å². The minimum atomic E-state index is -0.815. The fourth-order valence-corrected chi connectivity index (χ4v) is 3.16. The molecule has 5 N–H and O–H groups in total. The highest BCUT2D eigenvalue weighted by atomic mass is 16.5. The zero-order valence-corrected chi connectivity index (χ0v) is 15.4. The van der Waals surface area contributed by atoms with Crippen molar-refractivity contribution in [3.8, 4) is 0 Å². The van der Waals surface area contributed by atoms with Crippen LogP contribution in [0.5, 0.6) is 0 Å². The number of aliphatic hydroxyl groups excluding tert-OH is 1. The van der Waals surface area contributed by atoms with Gasteiger partial charge >= 0.3 is 5.69 Å². The highest BCUT2D eigenvalue weighted by Crippen LogP contribution is 2.30. The van der Waals surface area contributed by atoms with Gasteiger partial charge < -0.3 is 25.7 Å². The summed E-state index contributed by atoms with van der Waals surface area (Å²) in [6.45, 7) is 0.726. The second-order valence-electron chi connectivity index (χ2n) is 6.48. The number of H-pyrrole nitrogens is 1. The van der Waals surface area contributed by atoms with Crippen molar-refractivity contribution < 1.29 is 14.6 Å². The maximum atomic E-state index is 12.3. The fourth-order valence-electron chi connectivity index (χ4n) is 3.16. The number of nitrogens with zero attached hydrogens (tertiary/aromatic N) is 4. The number of azide groups is 1. The van der Waals surface area contributed by atoms with Crippen LogP contribution in [0.3, 0.4) is 0 Å². The zero-order valence-electron chi connectivity index (χ0n) is 15.4. The Morgan fingerprint density at radius 3 is 2.96 bits per heavy atom. The second-order valence-corrected chi connectivity index (χ2v) is 6.48. The molecule has 0 amide bonds. The minimum Gasteiger partial charge on any atom is -0.394 e. The summed E-state index contributed by atoms with van der Waals surface area (Å²) in [5, 5.41) is 16.1. The molecule has 1 aromatic heterocycles. The van der Waals surface area contributed by atoms with Gasteiger partial charge in [-0.3, -0.25) is 14.3 Å². The molecular formula is C16H25N7O5. The van der Waals surface area contributed by atoms with Gasteiger partial charge in [0.2, 0.25) is 0 Å². The van der Waals surface area contributed by atoms with Crippen molar-refractivity contribution in [2.45, 2.75) is 50.1 Å². The summed E-state index contributed by atoms with van der Waals surface area (Å²) in [6.07, 6.45) is 2.29. The third-order valence-electron chi connectivity index (χ3n) is 4.62. The number of rotatable bonds is 11. The zero-order chi connectivity index (χ0) is 20.5. The van der Waals surface area contributed by atoms with Gasteiger partial charge in [0, 0.05) is 30.0 Å². The number of hydrogen-bond donors (Lipinski definition) is 4. The number of nitrogens with one attached hydrogen (secondary N) is 2. The number of aromatic nitrogens is 2. The van der Waals surface area contributed by atoms with Crippen LogP contribution in [-0.2, 0) is 9.53 Å². The Kier molecular flexibility index (Phi) is 8.36. The Morgan fingerprint density at radius 1 is 1.54 bits per heavy atom. The van der Waals surface area contributed by atoms with Crippen molar-refractivity contribution in [3.63, 3.8) is 0 Å². The molecule has 154 valence electrons. The molecule has 1 aliphatic rings. The van der Waals surface area contributed by atoms with E-state index in [1.54, 1.807) is 0 Å². The topological polar surface area (TPSA) is 188 Å². The van der Waals surface area contributed by atoms with E-state index in [9.17, 15) is 19.5 Å². The molecule has 0 radical (unpaired) electrons.